The third kappa shape index (κ3) is 2.73. The normalized spacial score (nSPS) is 23.1. The van der Waals surface area contributed by atoms with Crippen molar-refractivity contribution in [3.05, 3.63) is 28.8 Å². The van der Waals surface area contributed by atoms with Crippen molar-refractivity contribution in [3.8, 4) is 5.75 Å². The van der Waals surface area contributed by atoms with Crippen LogP contribution in [0, 0.1) is 6.92 Å². The van der Waals surface area contributed by atoms with Crippen LogP contribution in [0.1, 0.15) is 56.7 Å². The Balaban J connectivity index is 2.48. The average molecular weight is 275 g/mol. The minimum absolute atomic E-state index is 0.0910. The highest BCUT2D eigenvalue weighted by Crippen LogP contribution is 2.38. The van der Waals surface area contributed by atoms with Gasteiger partial charge >= 0.3 is 0 Å². The summed E-state index contributed by atoms with van der Waals surface area (Å²) in [7, 11) is 0. The molecule has 1 aliphatic rings. The highest BCUT2D eigenvalue weighted by atomic mass is 16.3. The topological polar surface area (TPSA) is 49.3 Å². The van der Waals surface area contributed by atoms with E-state index in [1.165, 1.54) is 0 Å². The number of Topliss-reactive ketones (excluding diaryl/α,β-unsaturated/α-hetero) is 1. The molecule has 1 unspecified atom stereocenters. The largest absolute Gasteiger partial charge is 0.507 e. The molecule has 3 nitrogen and oxygen atoms in total. The molecule has 1 aromatic rings. The van der Waals surface area contributed by atoms with Crippen LogP contribution in [0.2, 0.25) is 0 Å². The van der Waals surface area contributed by atoms with E-state index in [4.69, 9.17) is 0 Å². The van der Waals surface area contributed by atoms with Gasteiger partial charge in [0.2, 0.25) is 0 Å². The van der Waals surface area contributed by atoms with E-state index in [9.17, 15) is 9.90 Å². The molecule has 0 radical (unpaired) electrons. The molecule has 0 aliphatic carbocycles. The molecule has 0 spiro atoms. The molecular weight excluding hydrogens is 250 g/mol. The Morgan fingerprint density at radius 2 is 2.00 bits per heavy atom. The number of benzene rings is 1. The van der Waals surface area contributed by atoms with Gasteiger partial charge in [-0.25, -0.2) is 0 Å². The van der Waals surface area contributed by atoms with Crippen LogP contribution in [-0.2, 0) is 10.2 Å². The lowest BCUT2D eigenvalue weighted by atomic mass is 9.80. The third-order valence-electron chi connectivity index (χ3n) is 4.22. The molecule has 110 valence electrons. The summed E-state index contributed by atoms with van der Waals surface area (Å²) < 4.78 is 0. The Kier molecular flexibility index (Phi) is 3.92. The lowest BCUT2D eigenvalue weighted by Gasteiger charge is -2.25. The molecule has 20 heavy (non-hydrogen) atoms. The number of ketones is 1. The lowest BCUT2D eigenvalue weighted by molar-refractivity contribution is -0.118. The van der Waals surface area contributed by atoms with E-state index in [2.05, 4.69) is 32.2 Å². The van der Waals surface area contributed by atoms with Gasteiger partial charge in [0, 0.05) is 5.92 Å². The lowest BCUT2D eigenvalue weighted by Crippen LogP contribution is -2.33. The second kappa shape index (κ2) is 5.21. The predicted molar refractivity (Wildman–Crippen MR) is 81.4 cm³/mol. The Labute approximate surface area is 121 Å². The van der Waals surface area contributed by atoms with Gasteiger partial charge in [-0.05, 0) is 48.9 Å². The summed E-state index contributed by atoms with van der Waals surface area (Å²) in [6.45, 7) is 10.7. The monoisotopic (exact) mass is 275 g/mol. The number of phenols is 1. The first-order valence-electron chi connectivity index (χ1n) is 7.29. The molecule has 2 atom stereocenters. The minimum atomic E-state index is -0.109. The summed E-state index contributed by atoms with van der Waals surface area (Å²) in [6, 6.07) is 4.01. The van der Waals surface area contributed by atoms with Gasteiger partial charge in [0.1, 0.15) is 11.5 Å². The van der Waals surface area contributed by atoms with Crippen LogP contribution < -0.4 is 5.32 Å². The second-order valence-corrected chi connectivity index (χ2v) is 6.92. The number of carbonyl (C=O) groups excluding carboxylic acids is 1. The minimum Gasteiger partial charge on any atom is -0.507 e. The fourth-order valence-corrected chi connectivity index (χ4v) is 3.08. The molecule has 1 saturated heterocycles. The van der Waals surface area contributed by atoms with Gasteiger partial charge in [0.15, 0.2) is 0 Å². The highest BCUT2D eigenvalue weighted by Gasteiger charge is 2.32. The molecule has 2 rings (SSSR count). The van der Waals surface area contributed by atoms with E-state index < -0.39 is 0 Å². The van der Waals surface area contributed by atoms with Gasteiger partial charge in [-0.2, -0.15) is 0 Å². The van der Waals surface area contributed by atoms with Gasteiger partial charge in [-0.3, -0.25) is 4.79 Å². The van der Waals surface area contributed by atoms with E-state index in [1.807, 2.05) is 13.0 Å². The van der Waals surface area contributed by atoms with Gasteiger partial charge in [0.05, 0.1) is 6.04 Å². The zero-order valence-electron chi connectivity index (χ0n) is 13.1. The zero-order valence-corrected chi connectivity index (χ0v) is 13.1. The van der Waals surface area contributed by atoms with Crippen molar-refractivity contribution in [2.45, 2.75) is 58.4 Å². The molecule has 0 aromatic heterocycles. The van der Waals surface area contributed by atoms with Crippen LogP contribution in [0.5, 0.6) is 5.75 Å². The molecule has 3 heteroatoms. The van der Waals surface area contributed by atoms with Gasteiger partial charge < -0.3 is 10.4 Å². The number of hydrogen-bond acceptors (Lipinski definition) is 3. The molecule has 0 amide bonds. The van der Waals surface area contributed by atoms with Gasteiger partial charge in [-0.1, -0.05) is 32.9 Å². The van der Waals surface area contributed by atoms with E-state index in [0.29, 0.717) is 5.75 Å². The van der Waals surface area contributed by atoms with Gasteiger partial charge in [-0.15, -0.1) is 0 Å². The predicted octanol–water partition coefficient (Wildman–Crippen LogP) is 3.03. The van der Waals surface area contributed by atoms with Crippen LogP contribution in [0.3, 0.4) is 0 Å². The Bertz CT molecular complexity index is 529. The number of rotatable bonds is 2. The van der Waals surface area contributed by atoms with Crippen molar-refractivity contribution < 1.29 is 9.90 Å². The van der Waals surface area contributed by atoms with E-state index >= 15 is 0 Å². The Morgan fingerprint density at radius 1 is 1.35 bits per heavy atom. The van der Waals surface area contributed by atoms with E-state index in [1.54, 1.807) is 6.92 Å². The fourth-order valence-electron chi connectivity index (χ4n) is 3.08. The van der Waals surface area contributed by atoms with Crippen molar-refractivity contribution >= 4 is 5.78 Å². The highest BCUT2D eigenvalue weighted by molar-refractivity contribution is 5.83. The molecule has 1 aromatic carbocycles. The van der Waals surface area contributed by atoms with E-state index in [0.717, 1.165) is 29.7 Å². The summed E-state index contributed by atoms with van der Waals surface area (Å²) in [5, 5.41) is 13.6. The fraction of sp³-hybridized carbons (Fsp3) is 0.588. The van der Waals surface area contributed by atoms with Crippen LogP contribution >= 0.6 is 0 Å². The van der Waals surface area contributed by atoms with Crippen LogP contribution in [0.15, 0.2) is 12.1 Å². The molecule has 1 aliphatic heterocycles. The number of phenolic OH excluding ortho intramolecular Hbond substituents is 1. The van der Waals surface area contributed by atoms with Crippen LogP contribution in [-0.4, -0.2) is 23.5 Å². The number of nitrogens with one attached hydrogen (secondary N) is 1. The first-order chi connectivity index (χ1) is 9.21. The van der Waals surface area contributed by atoms with Crippen LogP contribution in [0.25, 0.3) is 0 Å². The number of carbonyl (C=O) groups is 1. The zero-order chi connectivity index (χ0) is 15.1. The quantitative estimate of drug-likeness (QED) is 0.872. The Morgan fingerprint density at radius 3 is 2.55 bits per heavy atom. The van der Waals surface area contributed by atoms with Gasteiger partial charge in [0.25, 0.3) is 0 Å². The number of hydrogen-bond donors (Lipinski definition) is 2. The molecule has 0 saturated carbocycles. The average Bonchev–Trinajstić information content (AvgIpc) is 2.80. The molecular formula is C17H25NO2. The molecule has 0 bridgehead atoms. The van der Waals surface area contributed by atoms with Crippen molar-refractivity contribution in [1.82, 2.24) is 5.32 Å². The maximum absolute atomic E-state index is 11.8. The maximum Gasteiger partial charge on any atom is 0.147 e. The van der Waals surface area contributed by atoms with Crippen LogP contribution in [0.4, 0.5) is 0 Å². The smallest absolute Gasteiger partial charge is 0.147 e. The first kappa shape index (κ1) is 15.0. The SMILES string of the molecule is CC(=O)[C@H]1NCCC1c1cc(C)c(O)c(C(C)(C)C)c1. The van der Waals surface area contributed by atoms with Crippen molar-refractivity contribution in [2.24, 2.45) is 0 Å². The first-order valence-corrected chi connectivity index (χ1v) is 7.29. The van der Waals surface area contributed by atoms with Crippen molar-refractivity contribution in [2.75, 3.05) is 6.54 Å². The number of aryl methyl sites for hydroxylation is 1. The summed E-state index contributed by atoms with van der Waals surface area (Å²) in [5.41, 5.74) is 2.90. The summed E-state index contributed by atoms with van der Waals surface area (Å²) in [5.74, 6) is 0.787. The summed E-state index contributed by atoms with van der Waals surface area (Å²) in [6.07, 6.45) is 0.970. The van der Waals surface area contributed by atoms with Crippen molar-refractivity contribution in [1.29, 1.82) is 0 Å². The summed E-state index contributed by atoms with van der Waals surface area (Å²) in [4.78, 5) is 11.8. The number of aromatic hydroxyl groups is 1. The molecule has 1 fully saturated rings. The van der Waals surface area contributed by atoms with Crippen molar-refractivity contribution in [3.63, 3.8) is 0 Å². The third-order valence-corrected chi connectivity index (χ3v) is 4.22. The molecule has 2 N–H and O–H groups in total. The Hall–Kier alpha value is -1.35. The second-order valence-electron chi connectivity index (χ2n) is 6.92. The maximum atomic E-state index is 11.8. The summed E-state index contributed by atoms with van der Waals surface area (Å²) >= 11 is 0. The van der Waals surface area contributed by atoms with E-state index in [-0.39, 0.29) is 23.2 Å². The molecule has 1 heterocycles. The standard InChI is InChI=1S/C17H25NO2/c1-10-8-12(9-14(16(10)20)17(3,4)5)13-6-7-18-15(13)11(2)19/h8-9,13,15,18,20H,6-7H2,1-5H3/t13?,15-/m1/s1.